The van der Waals surface area contributed by atoms with E-state index in [4.69, 9.17) is 9.15 Å². The van der Waals surface area contributed by atoms with Crippen molar-refractivity contribution in [1.82, 2.24) is 5.32 Å². The maximum absolute atomic E-state index is 12.4. The predicted octanol–water partition coefficient (Wildman–Crippen LogP) is 3.29. The van der Waals surface area contributed by atoms with Crippen molar-refractivity contribution in [2.45, 2.75) is 13.0 Å². The molecule has 0 aliphatic rings. The highest BCUT2D eigenvalue weighted by atomic mass is 16.5. The second-order valence-corrected chi connectivity index (χ2v) is 5.46. The number of hydrogen-bond donors (Lipinski definition) is 1. The number of nitrogens with one attached hydrogen (secondary N) is 1. The van der Waals surface area contributed by atoms with Crippen LogP contribution in [0.3, 0.4) is 0 Å². The van der Waals surface area contributed by atoms with Crippen molar-refractivity contribution in [2.24, 2.45) is 0 Å². The first-order valence-electron chi connectivity index (χ1n) is 7.56. The third-order valence-corrected chi connectivity index (χ3v) is 3.83. The minimum atomic E-state index is -0.649. The van der Waals surface area contributed by atoms with Crippen molar-refractivity contribution < 1.29 is 13.9 Å². The molecule has 1 heterocycles. The summed E-state index contributed by atoms with van der Waals surface area (Å²) in [6, 6.07) is 15.8. The average Bonchev–Trinajstić information content (AvgIpc) is 2.61. The van der Waals surface area contributed by atoms with Crippen LogP contribution in [-0.4, -0.2) is 13.0 Å². The molecule has 0 saturated heterocycles. The zero-order chi connectivity index (χ0) is 17.1. The molecule has 0 spiro atoms. The minimum Gasteiger partial charge on any atom is -0.497 e. The van der Waals surface area contributed by atoms with E-state index in [2.05, 4.69) is 5.32 Å². The normalized spacial score (nSPS) is 11.9. The Morgan fingerprint density at radius 3 is 2.71 bits per heavy atom. The van der Waals surface area contributed by atoms with Gasteiger partial charge in [0.15, 0.2) is 0 Å². The van der Waals surface area contributed by atoms with Gasteiger partial charge >= 0.3 is 5.63 Å². The van der Waals surface area contributed by atoms with E-state index >= 15 is 0 Å². The lowest BCUT2D eigenvalue weighted by Gasteiger charge is -2.15. The molecule has 0 bridgehead atoms. The van der Waals surface area contributed by atoms with Crippen LogP contribution in [0.5, 0.6) is 5.75 Å². The number of ether oxygens (including phenoxy) is 1. The molecule has 3 aromatic rings. The molecule has 1 atom stereocenters. The van der Waals surface area contributed by atoms with Crippen LogP contribution in [0, 0.1) is 0 Å². The third-order valence-electron chi connectivity index (χ3n) is 3.83. The molecule has 3 rings (SSSR count). The molecule has 0 radical (unpaired) electrons. The van der Waals surface area contributed by atoms with Gasteiger partial charge < -0.3 is 14.5 Å². The van der Waals surface area contributed by atoms with Gasteiger partial charge in [-0.25, -0.2) is 4.79 Å². The Labute approximate surface area is 138 Å². The van der Waals surface area contributed by atoms with E-state index in [1.165, 1.54) is 0 Å². The van der Waals surface area contributed by atoms with Crippen LogP contribution in [-0.2, 0) is 0 Å². The van der Waals surface area contributed by atoms with Crippen LogP contribution in [0.25, 0.3) is 11.0 Å². The van der Waals surface area contributed by atoms with E-state index in [1.807, 2.05) is 37.3 Å². The fourth-order valence-electron chi connectivity index (χ4n) is 2.49. The first-order chi connectivity index (χ1) is 11.6. The Morgan fingerprint density at radius 1 is 1.12 bits per heavy atom. The van der Waals surface area contributed by atoms with Crippen LogP contribution in [0.1, 0.15) is 28.9 Å². The zero-order valence-electron chi connectivity index (χ0n) is 13.4. The van der Waals surface area contributed by atoms with E-state index in [1.54, 1.807) is 31.4 Å². The van der Waals surface area contributed by atoms with E-state index in [9.17, 15) is 9.59 Å². The Bertz CT molecular complexity index is 945. The van der Waals surface area contributed by atoms with Gasteiger partial charge in [-0.05, 0) is 36.8 Å². The van der Waals surface area contributed by atoms with Crippen molar-refractivity contribution in [3.63, 3.8) is 0 Å². The molecular weight excluding hydrogens is 306 g/mol. The van der Waals surface area contributed by atoms with E-state index in [0.29, 0.717) is 16.7 Å². The number of carbonyl (C=O) groups is 1. The van der Waals surface area contributed by atoms with Crippen LogP contribution in [0.15, 0.2) is 63.8 Å². The highest BCUT2D eigenvalue weighted by Crippen LogP contribution is 2.19. The smallest absolute Gasteiger partial charge is 0.349 e. The van der Waals surface area contributed by atoms with Gasteiger partial charge in [-0.15, -0.1) is 0 Å². The molecule has 0 aliphatic heterocycles. The van der Waals surface area contributed by atoms with Gasteiger partial charge in [-0.3, -0.25) is 4.79 Å². The lowest BCUT2D eigenvalue weighted by Crippen LogP contribution is -2.30. The highest BCUT2D eigenvalue weighted by Gasteiger charge is 2.17. The summed E-state index contributed by atoms with van der Waals surface area (Å²) < 4.78 is 10.4. The first kappa shape index (κ1) is 15.8. The number of methoxy groups -OCH3 is 1. The fourth-order valence-corrected chi connectivity index (χ4v) is 2.49. The monoisotopic (exact) mass is 323 g/mol. The molecule has 122 valence electrons. The molecule has 5 heteroatoms. The lowest BCUT2D eigenvalue weighted by molar-refractivity contribution is 0.0936. The predicted molar refractivity (Wildman–Crippen MR) is 91.4 cm³/mol. The second kappa shape index (κ2) is 6.58. The molecule has 1 aromatic heterocycles. The third kappa shape index (κ3) is 3.15. The van der Waals surface area contributed by atoms with Gasteiger partial charge in [0, 0.05) is 5.39 Å². The van der Waals surface area contributed by atoms with Crippen molar-refractivity contribution in [2.75, 3.05) is 7.11 Å². The SMILES string of the molecule is COc1cccc(C(C)NC(=O)c2cc3ccccc3oc2=O)c1. The average molecular weight is 323 g/mol. The standard InChI is InChI=1S/C19H17NO4/c1-12(13-7-5-8-15(10-13)23-2)20-18(21)16-11-14-6-3-4-9-17(14)24-19(16)22/h3-12H,1-2H3,(H,20,21). The molecule has 0 fully saturated rings. The molecular formula is C19H17NO4. The molecule has 0 saturated carbocycles. The van der Waals surface area contributed by atoms with Gasteiger partial charge in [0.25, 0.3) is 5.91 Å². The number of rotatable bonds is 4. The second-order valence-electron chi connectivity index (χ2n) is 5.46. The Balaban J connectivity index is 1.86. The van der Waals surface area contributed by atoms with Crippen molar-refractivity contribution in [1.29, 1.82) is 0 Å². The molecule has 1 N–H and O–H groups in total. The molecule has 24 heavy (non-hydrogen) atoms. The van der Waals surface area contributed by atoms with Crippen LogP contribution >= 0.6 is 0 Å². The van der Waals surface area contributed by atoms with Gasteiger partial charge in [0.1, 0.15) is 16.9 Å². The van der Waals surface area contributed by atoms with Gasteiger partial charge in [0.05, 0.1) is 13.2 Å². The number of para-hydroxylation sites is 1. The quantitative estimate of drug-likeness (QED) is 0.748. The topological polar surface area (TPSA) is 68.5 Å². The fraction of sp³-hybridized carbons (Fsp3) is 0.158. The van der Waals surface area contributed by atoms with E-state index in [-0.39, 0.29) is 11.6 Å². The van der Waals surface area contributed by atoms with E-state index < -0.39 is 11.5 Å². The summed E-state index contributed by atoms with van der Waals surface area (Å²) in [6.45, 7) is 1.84. The number of fused-ring (bicyclic) bond motifs is 1. The Hall–Kier alpha value is -3.08. The van der Waals surface area contributed by atoms with Gasteiger partial charge in [0.2, 0.25) is 0 Å². The maximum Gasteiger partial charge on any atom is 0.349 e. The summed E-state index contributed by atoms with van der Waals surface area (Å²) in [6.07, 6.45) is 0. The zero-order valence-corrected chi connectivity index (χ0v) is 13.4. The number of hydrogen-bond acceptors (Lipinski definition) is 4. The van der Waals surface area contributed by atoms with Crippen molar-refractivity contribution in [3.05, 3.63) is 76.1 Å². The minimum absolute atomic E-state index is 0.0107. The summed E-state index contributed by atoms with van der Waals surface area (Å²) >= 11 is 0. The molecule has 0 aliphatic carbocycles. The summed E-state index contributed by atoms with van der Waals surface area (Å²) in [7, 11) is 1.59. The van der Waals surface area contributed by atoms with Crippen LogP contribution in [0.4, 0.5) is 0 Å². The number of amides is 1. The first-order valence-corrected chi connectivity index (χ1v) is 7.56. The Morgan fingerprint density at radius 2 is 1.92 bits per heavy atom. The van der Waals surface area contributed by atoms with Crippen LogP contribution in [0.2, 0.25) is 0 Å². The molecule has 5 nitrogen and oxygen atoms in total. The summed E-state index contributed by atoms with van der Waals surface area (Å²) in [5, 5.41) is 3.52. The van der Waals surface area contributed by atoms with Crippen molar-refractivity contribution in [3.8, 4) is 5.75 Å². The summed E-state index contributed by atoms with van der Waals surface area (Å²) in [4.78, 5) is 24.5. The number of benzene rings is 2. The Kier molecular flexibility index (Phi) is 4.33. The molecule has 2 aromatic carbocycles. The summed E-state index contributed by atoms with van der Waals surface area (Å²) in [5.41, 5.74) is 0.681. The lowest BCUT2D eigenvalue weighted by atomic mass is 10.1. The van der Waals surface area contributed by atoms with Crippen molar-refractivity contribution >= 4 is 16.9 Å². The van der Waals surface area contributed by atoms with Gasteiger partial charge in [-0.2, -0.15) is 0 Å². The largest absolute Gasteiger partial charge is 0.497 e. The van der Waals surface area contributed by atoms with E-state index in [0.717, 1.165) is 5.56 Å². The highest BCUT2D eigenvalue weighted by molar-refractivity contribution is 5.96. The molecule has 1 amide bonds. The maximum atomic E-state index is 12.4. The van der Waals surface area contributed by atoms with Gasteiger partial charge in [-0.1, -0.05) is 30.3 Å². The summed E-state index contributed by atoms with van der Waals surface area (Å²) in [5.74, 6) is 0.239. The van der Waals surface area contributed by atoms with Crippen LogP contribution < -0.4 is 15.7 Å². The molecule has 1 unspecified atom stereocenters. The number of carbonyl (C=O) groups excluding carboxylic acids is 1.